The number of ether oxygens (including phenoxy) is 2. The monoisotopic (exact) mass is 408 g/mol. The lowest BCUT2D eigenvalue weighted by Gasteiger charge is -2.08. The lowest BCUT2D eigenvalue weighted by Crippen LogP contribution is -1.93. The van der Waals surface area contributed by atoms with E-state index < -0.39 is 4.92 Å². The predicted molar refractivity (Wildman–Crippen MR) is 111 cm³/mol. The van der Waals surface area contributed by atoms with Gasteiger partial charge in [-0.25, -0.2) is 4.98 Å². The molecule has 0 aliphatic heterocycles. The molecule has 0 atom stereocenters. The van der Waals surface area contributed by atoms with Gasteiger partial charge in [-0.15, -0.1) is 11.3 Å². The van der Waals surface area contributed by atoms with Crippen LogP contribution in [0.1, 0.15) is 5.01 Å². The van der Waals surface area contributed by atoms with Crippen LogP contribution in [0.25, 0.3) is 16.8 Å². The zero-order valence-corrected chi connectivity index (χ0v) is 16.4. The Bertz CT molecular complexity index is 1100. The summed E-state index contributed by atoms with van der Waals surface area (Å²) in [5.41, 5.74) is 2.52. The molecule has 1 heterocycles. The van der Waals surface area contributed by atoms with E-state index in [0.717, 1.165) is 5.56 Å². The number of allylic oxidation sites excluding steroid dienone is 1. The number of thiazole rings is 1. The number of rotatable bonds is 7. The fourth-order valence-corrected chi connectivity index (χ4v) is 3.30. The van der Waals surface area contributed by atoms with Crippen LogP contribution in [0.3, 0.4) is 0 Å². The number of nitro benzene ring substituents is 1. The molecule has 3 rings (SSSR count). The van der Waals surface area contributed by atoms with E-state index in [1.807, 2.05) is 17.5 Å². The van der Waals surface area contributed by atoms with Crippen LogP contribution in [-0.2, 0) is 0 Å². The van der Waals surface area contributed by atoms with Crippen molar-refractivity contribution >= 4 is 28.3 Å². The standard InChI is InChI=1S/C20H16N4O4S/c1-27-18-8-3-13(9-19(18)28-2)17-12-29-20(23-17)14(10-21)11-22-15-4-6-16(7-5-15)24(25)26/h3-9,11-12,22H,1-2H3. The molecule has 9 heteroatoms. The summed E-state index contributed by atoms with van der Waals surface area (Å²) < 4.78 is 10.6. The number of nitrogens with zero attached hydrogens (tertiary/aromatic N) is 3. The van der Waals surface area contributed by atoms with Crippen molar-refractivity contribution in [3.05, 3.63) is 69.2 Å². The van der Waals surface area contributed by atoms with Crippen molar-refractivity contribution in [2.24, 2.45) is 0 Å². The minimum Gasteiger partial charge on any atom is -0.493 e. The molecule has 1 N–H and O–H groups in total. The van der Waals surface area contributed by atoms with Gasteiger partial charge in [-0.1, -0.05) is 0 Å². The summed E-state index contributed by atoms with van der Waals surface area (Å²) in [4.78, 5) is 14.8. The quantitative estimate of drug-likeness (QED) is 0.342. The van der Waals surface area contributed by atoms with Gasteiger partial charge in [0.25, 0.3) is 5.69 Å². The molecule has 8 nitrogen and oxygen atoms in total. The van der Waals surface area contributed by atoms with Gasteiger partial charge in [0.1, 0.15) is 16.6 Å². The number of benzene rings is 2. The highest BCUT2D eigenvalue weighted by Crippen LogP contribution is 2.33. The van der Waals surface area contributed by atoms with Gasteiger partial charge in [0.05, 0.1) is 24.8 Å². The maximum absolute atomic E-state index is 10.7. The third-order valence-electron chi connectivity index (χ3n) is 4.00. The van der Waals surface area contributed by atoms with Gasteiger partial charge >= 0.3 is 0 Å². The third-order valence-corrected chi connectivity index (χ3v) is 4.87. The number of nitro groups is 1. The van der Waals surface area contributed by atoms with Crippen LogP contribution in [0, 0.1) is 21.4 Å². The molecule has 0 radical (unpaired) electrons. The first-order valence-electron chi connectivity index (χ1n) is 8.35. The number of hydrogen-bond donors (Lipinski definition) is 1. The van der Waals surface area contributed by atoms with Gasteiger partial charge in [0.15, 0.2) is 11.5 Å². The van der Waals surface area contributed by atoms with E-state index in [1.165, 1.54) is 29.7 Å². The lowest BCUT2D eigenvalue weighted by molar-refractivity contribution is -0.384. The van der Waals surface area contributed by atoms with Crippen molar-refractivity contribution in [1.29, 1.82) is 5.26 Å². The number of non-ortho nitro benzene ring substituents is 1. The summed E-state index contributed by atoms with van der Waals surface area (Å²) in [6.45, 7) is 0. The Morgan fingerprint density at radius 1 is 1.21 bits per heavy atom. The Labute approximate surface area is 170 Å². The highest BCUT2D eigenvalue weighted by molar-refractivity contribution is 7.11. The van der Waals surface area contributed by atoms with Gasteiger partial charge in [-0.3, -0.25) is 10.1 Å². The van der Waals surface area contributed by atoms with Crippen LogP contribution < -0.4 is 14.8 Å². The van der Waals surface area contributed by atoms with Crippen molar-refractivity contribution < 1.29 is 14.4 Å². The lowest BCUT2D eigenvalue weighted by atomic mass is 10.1. The fourth-order valence-electron chi connectivity index (χ4n) is 2.50. The van der Waals surface area contributed by atoms with Crippen LogP contribution >= 0.6 is 11.3 Å². The molecule has 29 heavy (non-hydrogen) atoms. The highest BCUT2D eigenvalue weighted by atomic mass is 32.1. The molecule has 0 unspecified atom stereocenters. The van der Waals surface area contributed by atoms with Crippen molar-refractivity contribution in [2.75, 3.05) is 19.5 Å². The van der Waals surface area contributed by atoms with Gasteiger partial charge < -0.3 is 14.8 Å². The predicted octanol–water partition coefficient (Wildman–Crippen LogP) is 4.71. The SMILES string of the molecule is COc1ccc(-c2csc(C(C#N)=CNc3ccc([N+](=O)[O-])cc3)n2)cc1OC. The molecule has 0 saturated heterocycles. The second kappa shape index (κ2) is 8.86. The molecule has 0 aliphatic carbocycles. The van der Waals surface area contributed by atoms with Crippen LogP contribution in [0.15, 0.2) is 54.0 Å². The Hall–Kier alpha value is -3.90. The Morgan fingerprint density at radius 3 is 2.55 bits per heavy atom. The topological polar surface area (TPSA) is 110 Å². The minimum absolute atomic E-state index is 0.000443. The van der Waals surface area contributed by atoms with E-state index in [4.69, 9.17) is 9.47 Å². The zero-order chi connectivity index (χ0) is 20.8. The Kier molecular flexibility index (Phi) is 6.06. The van der Waals surface area contributed by atoms with Gasteiger partial charge in [0.2, 0.25) is 0 Å². The second-order valence-electron chi connectivity index (χ2n) is 5.73. The third kappa shape index (κ3) is 4.51. The first kappa shape index (κ1) is 19.9. The van der Waals surface area contributed by atoms with Crippen molar-refractivity contribution in [3.8, 4) is 28.8 Å². The molecule has 0 fully saturated rings. The summed E-state index contributed by atoms with van der Waals surface area (Å²) in [6.07, 6.45) is 1.53. The average molecular weight is 408 g/mol. The fraction of sp³-hybridized carbons (Fsp3) is 0.100. The summed E-state index contributed by atoms with van der Waals surface area (Å²) in [5, 5.41) is 25.6. The minimum atomic E-state index is -0.467. The average Bonchev–Trinajstić information content (AvgIpc) is 3.24. The van der Waals surface area contributed by atoms with Gasteiger partial charge in [0, 0.05) is 35.0 Å². The van der Waals surface area contributed by atoms with E-state index in [2.05, 4.69) is 16.4 Å². The molecule has 0 spiro atoms. The Morgan fingerprint density at radius 2 is 1.93 bits per heavy atom. The van der Waals surface area contributed by atoms with E-state index in [9.17, 15) is 15.4 Å². The van der Waals surface area contributed by atoms with Gasteiger partial charge in [-0.2, -0.15) is 5.26 Å². The van der Waals surface area contributed by atoms with Crippen molar-refractivity contribution in [1.82, 2.24) is 4.98 Å². The molecule has 1 aromatic heterocycles. The van der Waals surface area contributed by atoms with E-state index in [-0.39, 0.29) is 5.69 Å². The van der Waals surface area contributed by atoms with E-state index >= 15 is 0 Å². The van der Waals surface area contributed by atoms with Crippen LogP contribution in [-0.4, -0.2) is 24.1 Å². The molecule has 0 bridgehead atoms. The first-order valence-corrected chi connectivity index (χ1v) is 9.23. The van der Waals surface area contributed by atoms with Crippen LogP contribution in [0.2, 0.25) is 0 Å². The molecular formula is C20H16N4O4S. The van der Waals surface area contributed by atoms with E-state index in [1.54, 1.807) is 32.4 Å². The summed E-state index contributed by atoms with van der Waals surface area (Å²) in [7, 11) is 3.13. The molecule has 0 saturated carbocycles. The van der Waals surface area contributed by atoms with Crippen LogP contribution in [0.5, 0.6) is 11.5 Å². The maximum atomic E-state index is 10.7. The summed E-state index contributed by atoms with van der Waals surface area (Å²) in [5.74, 6) is 1.21. The number of methoxy groups -OCH3 is 2. The molecule has 0 amide bonds. The van der Waals surface area contributed by atoms with E-state index in [0.29, 0.717) is 33.5 Å². The van der Waals surface area contributed by atoms with Gasteiger partial charge in [-0.05, 0) is 30.3 Å². The van der Waals surface area contributed by atoms with Crippen molar-refractivity contribution in [3.63, 3.8) is 0 Å². The second-order valence-corrected chi connectivity index (χ2v) is 6.58. The molecule has 146 valence electrons. The molecular weight excluding hydrogens is 392 g/mol. The maximum Gasteiger partial charge on any atom is 0.269 e. The van der Waals surface area contributed by atoms with Crippen molar-refractivity contribution in [2.45, 2.75) is 0 Å². The number of aromatic nitrogens is 1. The summed E-state index contributed by atoms with van der Waals surface area (Å²) in [6, 6.07) is 13.5. The smallest absolute Gasteiger partial charge is 0.269 e. The highest BCUT2D eigenvalue weighted by Gasteiger charge is 2.12. The normalized spacial score (nSPS) is 10.9. The summed E-state index contributed by atoms with van der Waals surface area (Å²) >= 11 is 1.34. The Balaban J connectivity index is 1.81. The molecule has 3 aromatic rings. The first-order chi connectivity index (χ1) is 14.0. The number of hydrogen-bond acceptors (Lipinski definition) is 8. The molecule has 0 aliphatic rings. The number of nitrogens with one attached hydrogen (secondary N) is 1. The molecule has 2 aromatic carbocycles. The number of nitriles is 1. The zero-order valence-electron chi connectivity index (χ0n) is 15.6. The van der Waals surface area contributed by atoms with Crippen LogP contribution in [0.4, 0.5) is 11.4 Å². The largest absolute Gasteiger partial charge is 0.493 e. The number of anilines is 1.